The number of pyridine rings is 1. The molecule has 0 atom stereocenters. The molecule has 0 radical (unpaired) electrons. The third-order valence-electron chi connectivity index (χ3n) is 5.50. The number of allylic oxidation sites excluding steroid dienone is 12. The van der Waals surface area contributed by atoms with Crippen LogP contribution in [0.5, 0.6) is 0 Å². The fourth-order valence-corrected chi connectivity index (χ4v) is 3.37. The third-order valence-corrected chi connectivity index (χ3v) is 5.50. The average molecular weight is 533 g/mol. The third kappa shape index (κ3) is 22.2. The van der Waals surface area contributed by atoms with Crippen molar-refractivity contribution in [2.75, 3.05) is 26.2 Å². The zero-order chi connectivity index (χ0) is 28.1. The van der Waals surface area contributed by atoms with Crippen molar-refractivity contribution in [1.82, 2.24) is 20.9 Å². The Labute approximate surface area is 236 Å². The predicted octanol–water partition coefficient (Wildman–Crippen LogP) is 6.39. The molecule has 212 valence electrons. The minimum Gasteiger partial charge on any atom is -0.355 e. The Morgan fingerprint density at radius 2 is 1.31 bits per heavy atom. The first kappa shape index (κ1) is 33.5. The van der Waals surface area contributed by atoms with Gasteiger partial charge in [0, 0.05) is 38.4 Å². The Bertz CT molecular complexity index is 930. The van der Waals surface area contributed by atoms with Crippen LogP contribution in [0.15, 0.2) is 97.4 Å². The lowest BCUT2D eigenvalue weighted by molar-refractivity contribution is -0.120. The van der Waals surface area contributed by atoms with Crippen molar-refractivity contribution in [3.05, 3.63) is 103 Å². The first-order valence-electron chi connectivity index (χ1n) is 14.3. The highest BCUT2D eigenvalue weighted by molar-refractivity contribution is 5.93. The van der Waals surface area contributed by atoms with Crippen LogP contribution in [0.1, 0.15) is 75.1 Å². The van der Waals surface area contributed by atoms with Crippen LogP contribution in [0, 0.1) is 0 Å². The SMILES string of the molecule is CCC=CCC=CCC=CCC=CCC=CCC=CCCC(=O)NCCNCCCNC(=O)c1cccnc1. The van der Waals surface area contributed by atoms with Gasteiger partial charge in [0.1, 0.15) is 0 Å². The molecule has 0 aliphatic carbocycles. The number of rotatable bonds is 22. The highest BCUT2D eigenvalue weighted by atomic mass is 16.2. The van der Waals surface area contributed by atoms with Crippen molar-refractivity contribution in [2.24, 2.45) is 0 Å². The fourth-order valence-electron chi connectivity index (χ4n) is 3.37. The van der Waals surface area contributed by atoms with Crippen molar-refractivity contribution in [3.8, 4) is 0 Å². The molecule has 6 nitrogen and oxygen atoms in total. The number of hydrogen-bond donors (Lipinski definition) is 3. The van der Waals surface area contributed by atoms with Gasteiger partial charge in [-0.05, 0) is 70.0 Å². The smallest absolute Gasteiger partial charge is 0.252 e. The van der Waals surface area contributed by atoms with E-state index >= 15 is 0 Å². The van der Waals surface area contributed by atoms with E-state index in [2.05, 4.69) is 101 Å². The molecule has 0 aromatic carbocycles. The lowest BCUT2D eigenvalue weighted by Crippen LogP contribution is -2.33. The monoisotopic (exact) mass is 532 g/mol. The van der Waals surface area contributed by atoms with Crippen LogP contribution >= 0.6 is 0 Å². The summed E-state index contributed by atoms with van der Waals surface area (Å²) >= 11 is 0. The van der Waals surface area contributed by atoms with Crippen LogP contribution in [0.25, 0.3) is 0 Å². The second-order valence-electron chi connectivity index (χ2n) is 8.90. The second-order valence-corrected chi connectivity index (χ2v) is 8.90. The van der Waals surface area contributed by atoms with Crippen molar-refractivity contribution in [1.29, 1.82) is 0 Å². The van der Waals surface area contributed by atoms with Gasteiger partial charge in [-0.3, -0.25) is 14.6 Å². The van der Waals surface area contributed by atoms with E-state index in [1.54, 1.807) is 24.5 Å². The number of carbonyl (C=O) groups is 2. The van der Waals surface area contributed by atoms with Gasteiger partial charge in [-0.2, -0.15) is 0 Å². The van der Waals surface area contributed by atoms with Gasteiger partial charge in [0.05, 0.1) is 5.56 Å². The minimum absolute atomic E-state index is 0.0695. The quantitative estimate of drug-likeness (QED) is 0.119. The molecule has 3 N–H and O–H groups in total. The number of amides is 2. The van der Waals surface area contributed by atoms with Gasteiger partial charge in [-0.15, -0.1) is 0 Å². The average Bonchev–Trinajstić information content (AvgIpc) is 2.96. The molecule has 6 heteroatoms. The van der Waals surface area contributed by atoms with Gasteiger partial charge >= 0.3 is 0 Å². The predicted molar refractivity (Wildman–Crippen MR) is 165 cm³/mol. The summed E-state index contributed by atoms with van der Waals surface area (Å²) in [6.45, 7) is 4.84. The molecule has 0 saturated heterocycles. The van der Waals surface area contributed by atoms with Gasteiger partial charge in [0.25, 0.3) is 5.91 Å². The first-order valence-corrected chi connectivity index (χ1v) is 14.3. The van der Waals surface area contributed by atoms with E-state index in [9.17, 15) is 9.59 Å². The maximum atomic E-state index is 11.9. The Balaban J connectivity index is 1.89. The molecule has 1 heterocycles. The molecular formula is C33H48N4O2. The molecule has 0 fully saturated rings. The van der Waals surface area contributed by atoms with E-state index in [-0.39, 0.29) is 11.8 Å². The van der Waals surface area contributed by atoms with Crippen molar-refractivity contribution < 1.29 is 9.59 Å². The summed E-state index contributed by atoms with van der Waals surface area (Å²) in [5, 5.41) is 9.07. The van der Waals surface area contributed by atoms with E-state index in [4.69, 9.17) is 0 Å². The number of hydrogen-bond acceptors (Lipinski definition) is 4. The number of nitrogens with zero attached hydrogens (tertiary/aromatic N) is 1. The molecule has 2 amide bonds. The van der Waals surface area contributed by atoms with Crippen LogP contribution in [-0.2, 0) is 4.79 Å². The standard InChI is InChI=1S/C33H48N4O2/c1-2-3-4-5-6-7-8-9-10-11-12-13-14-15-16-17-18-19-20-24-32(38)36-29-28-34-26-22-27-37-33(39)31-23-21-25-35-30-31/h3-4,6-7,9-10,12-13,15-16,18-19,21,23,25,30,34H,2,5,8,11,14,17,20,22,24,26-29H2,1H3,(H,36,38)(H,37,39). The van der Waals surface area contributed by atoms with Crippen LogP contribution < -0.4 is 16.0 Å². The fraction of sp³-hybridized carbons (Fsp3) is 0.424. The van der Waals surface area contributed by atoms with Crippen molar-refractivity contribution in [2.45, 2.75) is 64.7 Å². The maximum Gasteiger partial charge on any atom is 0.252 e. The van der Waals surface area contributed by atoms with E-state index in [0.29, 0.717) is 31.6 Å². The number of carbonyl (C=O) groups excluding carboxylic acids is 2. The molecule has 0 bridgehead atoms. The molecule has 0 aliphatic rings. The largest absolute Gasteiger partial charge is 0.355 e. The van der Waals surface area contributed by atoms with E-state index < -0.39 is 0 Å². The Hall–Kier alpha value is -3.51. The number of nitrogens with one attached hydrogen (secondary N) is 3. The molecular weight excluding hydrogens is 484 g/mol. The highest BCUT2D eigenvalue weighted by Gasteiger charge is 2.03. The van der Waals surface area contributed by atoms with Gasteiger partial charge < -0.3 is 16.0 Å². The van der Waals surface area contributed by atoms with Crippen molar-refractivity contribution in [3.63, 3.8) is 0 Å². The first-order chi connectivity index (χ1) is 19.2. The topological polar surface area (TPSA) is 83.1 Å². The Morgan fingerprint density at radius 1 is 0.718 bits per heavy atom. The molecule has 0 saturated carbocycles. The van der Waals surface area contributed by atoms with E-state index in [1.165, 1.54) is 0 Å². The van der Waals surface area contributed by atoms with E-state index in [1.807, 2.05) is 0 Å². The molecule has 39 heavy (non-hydrogen) atoms. The molecule has 0 spiro atoms. The highest BCUT2D eigenvalue weighted by Crippen LogP contribution is 1.98. The van der Waals surface area contributed by atoms with Crippen LogP contribution in [-0.4, -0.2) is 43.0 Å². The summed E-state index contributed by atoms with van der Waals surface area (Å²) < 4.78 is 0. The summed E-state index contributed by atoms with van der Waals surface area (Å²) in [5.74, 6) is -0.0395. The second kappa shape index (κ2) is 26.1. The zero-order valence-electron chi connectivity index (χ0n) is 23.7. The molecule has 1 aromatic heterocycles. The molecule has 0 unspecified atom stereocenters. The van der Waals surface area contributed by atoms with Crippen molar-refractivity contribution >= 4 is 11.8 Å². The summed E-state index contributed by atoms with van der Waals surface area (Å²) in [7, 11) is 0. The van der Waals surface area contributed by atoms with Gasteiger partial charge in [-0.25, -0.2) is 0 Å². The van der Waals surface area contributed by atoms with Gasteiger partial charge in [0.15, 0.2) is 0 Å². The lowest BCUT2D eigenvalue weighted by Gasteiger charge is -2.07. The zero-order valence-corrected chi connectivity index (χ0v) is 23.7. The van der Waals surface area contributed by atoms with Gasteiger partial charge in [0.2, 0.25) is 5.91 Å². The maximum absolute atomic E-state index is 11.9. The lowest BCUT2D eigenvalue weighted by atomic mass is 10.2. The molecule has 0 aliphatic heterocycles. The molecule has 1 rings (SSSR count). The molecule has 1 aromatic rings. The normalized spacial score (nSPS) is 12.2. The minimum atomic E-state index is -0.109. The van der Waals surface area contributed by atoms with Crippen LogP contribution in [0.4, 0.5) is 0 Å². The Morgan fingerprint density at radius 3 is 1.87 bits per heavy atom. The van der Waals surface area contributed by atoms with Crippen LogP contribution in [0.3, 0.4) is 0 Å². The number of aromatic nitrogens is 1. The summed E-state index contributed by atoms with van der Waals surface area (Å²) in [4.78, 5) is 27.7. The Kier molecular flexibility index (Phi) is 22.4. The van der Waals surface area contributed by atoms with Gasteiger partial charge in [-0.1, -0.05) is 79.8 Å². The summed E-state index contributed by atoms with van der Waals surface area (Å²) in [5.41, 5.74) is 0.567. The summed E-state index contributed by atoms with van der Waals surface area (Å²) in [6, 6.07) is 3.49. The van der Waals surface area contributed by atoms with E-state index in [0.717, 1.165) is 57.9 Å². The van der Waals surface area contributed by atoms with Crippen LogP contribution in [0.2, 0.25) is 0 Å². The summed E-state index contributed by atoms with van der Waals surface area (Å²) in [6.07, 6.45) is 37.3.